The van der Waals surface area contributed by atoms with E-state index in [0.29, 0.717) is 24.8 Å². The molecule has 1 saturated carbocycles. The number of β-amino-alcohol motifs (C(OH)–C–C–N with tert-alkyl or cyclic N) is 1. The van der Waals surface area contributed by atoms with Gasteiger partial charge in [-0.1, -0.05) is 49.6 Å². The van der Waals surface area contributed by atoms with E-state index in [9.17, 15) is 27.9 Å². The predicted molar refractivity (Wildman–Crippen MR) is 191 cm³/mol. The molecule has 1 aliphatic heterocycles. The standard InChI is InChI=1S/C37H52N6O6S/c1-36(2,3)42-34(46)30-19-25-14-10-11-15-27(25)22-43(30)23-31(44)29(18-24-12-8-7-9-13-24)40-35(47)32(37(4,5)50(6,48)49)41-33(45)26-16-17-28(20-38)39-21-26/h7-9,12-13,16-17,21,25,27,29-32,44H,10-11,14-15,18-19,22-23H2,1-6H3,(H,40,47)(H,41,45)(H,42,46). The van der Waals surface area contributed by atoms with E-state index in [1.54, 1.807) is 0 Å². The van der Waals surface area contributed by atoms with Crippen molar-refractivity contribution in [2.24, 2.45) is 11.8 Å². The van der Waals surface area contributed by atoms with Crippen LogP contribution in [0.25, 0.3) is 0 Å². The minimum atomic E-state index is -3.92. The number of aliphatic hydroxyl groups is 1. The van der Waals surface area contributed by atoms with Crippen molar-refractivity contribution in [1.29, 1.82) is 5.26 Å². The zero-order chi connectivity index (χ0) is 36.9. The Kier molecular flexibility index (Phi) is 12.5. The molecule has 0 spiro atoms. The average Bonchev–Trinajstić information content (AvgIpc) is 3.05. The number of sulfone groups is 1. The van der Waals surface area contributed by atoms with Gasteiger partial charge in [0, 0.05) is 31.1 Å². The third-order valence-electron chi connectivity index (χ3n) is 10.1. The molecule has 4 rings (SSSR count). The highest BCUT2D eigenvalue weighted by atomic mass is 32.2. The van der Waals surface area contributed by atoms with Gasteiger partial charge in [0.2, 0.25) is 11.8 Å². The molecule has 13 heteroatoms. The lowest BCUT2D eigenvalue weighted by atomic mass is 9.72. The van der Waals surface area contributed by atoms with Crippen LogP contribution < -0.4 is 16.0 Å². The minimum Gasteiger partial charge on any atom is -0.390 e. The smallest absolute Gasteiger partial charge is 0.253 e. The minimum absolute atomic E-state index is 0.0395. The van der Waals surface area contributed by atoms with Crippen LogP contribution in [-0.2, 0) is 25.8 Å². The van der Waals surface area contributed by atoms with E-state index < -0.39 is 56.2 Å². The number of nitrogens with zero attached hydrogens (tertiary/aromatic N) is 3. The lowest BCUT2D eigenvalue weighted by Gasteiger charge is -2.47. The first-order valence-corrected chi connectivity index (χ1v) is 19.2. The van der Waals surface area contributed by atoms with Crippen molar-refractivity contribution in [3.63, 3.8) is 0 Å². The summed E-state index contributed by atoms with van der Waals surface area (Å²) in [6.07, 6.45) is 6.35. The van der Waals surface area contributed by atoms with Crippen LogP contribution in [0.4, 0.5) is 0 Å². The largest absolute Gasteiger partial charge is 0.390 e. The Hall–Kier alpha value is -3.86. The maximum atomic E-state index is 14.2. The Morgan fingerprint density at radius 3 is 2.26 bits per heavy atom. The van der Waals surface area contributed by atoms with E-state index >= 15 is 0 Å². The fourth-order valence-corrected chi connectivity index (χ4v) is 7.58. The van der Waals surface area contributed by atoms with Crippen molar-refractivity contribution in [3.05, 3.63) is 65.5 Å². The van der Waals surface area contributed by atoms with Crippen LogP contribution >= 0.6 is 0 Å². The van der Waals surface area contributed by atoms with Crippen LogP contribution in [-0.4, -0.2) is 95.0 Å². The Labute approximate surface area is 296 Å². The highest BCUT2D eigenvalue weighted by Gasteiger charge is 2.46. The fourth-order valence-electron chi connectivity index (χ4n) is 6.99. The van der Waals surface area contributed by atoms with Crippen LogP contribution in [0.1, 0.15) is 88.3 Å². The molecule has 1 saturated heterocycles. The van der Waals surface area contributed by atoms with Crippen LogP contribution in [0.15, 0.2) is 48.7 Å². The number of aromatic nitrogens is 1. The Morgan fingerprint density at radius 1 is 1.02 bits per heavy atom. The van der Waals surface area contributed by atoms with Crippen molar-refractivity contribution in [2.45, 2.75) is 108 Å². The summed E-state index contributed by atoms with van der Waals surface area (Å²) in [5.74, 6) is -0.789. The Balaban J connectivity index is 1.63. The molecule has 6 atom stereocenters. The summed E-state index contributed by atoms with van der Waals surface area (Å²) in [4.78, 5) is 47.1. The molecule has 50 heavy (non-hydrogen) atoms. The second-order valence-corrected chi connectivity index (χ2v) is 18.0. The summed E-state index contributed by atoms with van der Waals surface area (Å²) < 4.78 is 24.3. The molecule has 12 nitrogen and oxygen atoms in total. The molecule has 272 valence electrons. The first-order valence-electron chi connectivity index (χ1n) is 17.3. The van der Waals surface area contributed by atoms with E-state index in [1.165, 1.54) is 32.2 Å². The van der Waals surface area contributed by atoms with E-state index in [-0.39, 0.29) is 30.1 Å². The number of likely N-dealkylation sites (tertiary alicyclic amines) is 1. The highest BCUT2D eigenvalue weighted by molar-refractivity contribution is 7.92. The normalized spacial score (nSPS) is 21.8. The zero-order valence-corrected chi connectivity index (χ0v) is 30.8. The summed E-state index contributed by atoms with van der Waals surface area (Å²) >= 11 is 0. The molecule has 2 fully saturated rings. The number of pyridine rings is 1. The molecule has 0 radical (unpaired) electrons. The van der Waals surface area contributed by atoms with Crippen molar-refractivity contribution >= 4 is 27.6 Å². The second-order valence-electron chi connectivity index (χ2n) is 15.4. The van der Waals surface area contributed by atoms with Crippen molar-refractivity contribution in [1.82, 2.24) is 25.8 Å². The number of hydrogen-bond acceptors (Lipinski definition) is 9. The fraction of sp³-hybridized carbons (Fsp3) is 0.595. The second kappa shape index (κ2) is 16.0. The maximum absolute atomic E-state index is 14.2. The van der Waals surface area contributed by atoms with Crippen molar-refractivity contribution in [3.8, 4) is 6.07 Å². The SMILES string of the molecule is CC(C)(C)NC(=O)C1CC2CCCCC2CN1CC(O)C(Cc1ccccc1)NC(=O)C(NC(=O)c1ccc(C#N)nc1)C(C)(C)S(C)(=O)=O. The highest BCUT2D eigenvalue weighted by Crippen LogP contribution is 2.39. The Bertz CT molecular complexity index is 1650. The van der Waals surface area contributed by atoms with Gasteiger partial charge < -0.3 is 21.1 Å². The van der Waals surface area contributed by atoms with E-state index in [4.69, 9.17) is 5.26 Å². The molecule has 6 unspecified atom stereocenters. The quantitative estimate of drug-likeness (QED) is 0.258. The molecule has 0 bridgehead atoms. The van der Waals surface area contributed by atoms with Gasteiger partial charge in [-0.25, -0.2) is 13.4 Å². The number of carbonyl (C=O) groups excluding carboxylic acids is 3. The van der Waals surface area contributed by atoms with Gasteiger partial charge in [-0.2, -0.15) is 5.26 Å². The topological polar surface area (TPSA) is 182 Å². The van der Waals surface area contributed by atoms with E-state index in [0.717, 1.165) is 37.5 Å². The number of amides is 3. The number of fused-ring (bicyclic) bond motifs is 1. The van der Waals surface area contributed by atoms with Crippen LogP contribution in [0.3, 0.4) is 0 Å². The van der Waals surface area contributed by atoms with Gasteiger partial charge in [-0.05, 0) is 83.4 Å². The number of benzene rings is 1. The van der Waals surface area contributed by atoms with Gasteiger partial charge >= 0.3 is 0 Å². The molecule has 2 aliphatic rings. The molecule has 1 aromatic heterocycles. The molecule has 3 amide bonds. The summed E-state index contributed by atoms with van der Waals surface area (Å²) in [6, 6.07) is 11.0. The van der Waals surface area contributed by atoms with Gasteiger partial charge in [0.05, 0.1) is 28.5 Å². The van der Waals surface area contributed by atoms with Crippen molar-refractivity contribution < 1.29 is 27.9 Å². The molecule has 4 N–H and O–H groups in total. The summed E-state index contributed by atoms with van der Waals surface area (Å²) in [5.41, 5.74) is 0.527. The first-order chi connectivity index (χ1) is 23.4. The third kappa shape index (κ3) is 9.89. The number of piperidine rings is 1. The van der Waals surface area contributed by atoms with E-state index in [1.807, 2.05) is 62.1 Å². The number of rotatable bonds is 12. The number of nitrogens with one attached hydrogen (secondary N) is 3. The lowest BCUT2D eigenvalue weighted by molar-refractivity contribution is -0.133. The lowest BCUT2D eigenvalue weighted by Crippen LogP contribution is -2.64. The summed E-state index contributed by atoms with van der Waals surface area (Å²) in [6.45, 7) is 9.28. The molecule has 1 aromatic carbocycles. The molecular formula is C37H52N6O6S. The van der Waals surface area contributed by atoms with Crippen molar-refractivity contribution in [2.75, 3.05) is 19.3 Å². The summed E-state index contributed by atoms with van der Waals surface area (Å²) in [7, 11) is -3.92. The molecule has 2 aromatic rings. The monoisotopic (exact) mass is 708 g/mol. The number of hydrogen-bond donors (Lipinski definition) is 4. The predicted octanol–water partition coefficient (Wildman–Crippen LogP) is 2.76. The van der Waals surface area contributed by atoms with Crippen LogP contribution in [0.2, 0.25) is 0 Å². The van der Waals surface area contributed by atoms with Gasteiger partial charge in [-0.15, -0.1) is 0 Å². The van der Waals surface area contributed by atoms with E-state index in [2.05, 4.69) is 20.9 Å². The molecule has 2 heterocycles. The maximum Gasteiger partial charge on any atom is 0.253 e. The number of nitriles is 1. The molecular weight excluding hydrogens is 657 g/mol. The van der Waals surface area contributed by atoms with Gasteiger partial charge in [0.25, 0.3) is 5.91 Å². The summed E-state index contributed by atoms with van der Waals surface area (Å²) in [5, 5.41) is 29.6. The van der Waals surface area contributed by atoms with Crippen LogP contribution in [0, 0.1) is 23.2 Å². The Morgan fingerprint density at radius 2 is 1.68 bits per heavy atom. The first kappa shape index (κ1) is 38.9. The van der Waals surface area contributed by atoms with Gasteiger partial charge in [0.1, 0.15) is 17.8 Å². The van der Waals surface area contributed by atoms with Gasteiger partial charge in [-0.3, -0.25) is 19.3 Å². The average molecular weight is 709 g/mol. The number of aliphatic hydroxyl groups excluding tert-OH is 1. The van der Waals surface area contributed by atoms with Gasteiger partial charge in [0.15, 0.2) is 9.84 Å². The third-order valence-corrected chi connectivity index (χ3v) is 12.3. The van der Waals surface area contributed by atoms with Crippen LogP contribution in [0.5, 0.6) is 0 Å². The zero-order valence-electron chi connectivity index (χ0n) is 30.0. The number of carbonyl (C=O) groups is 3. The molecule has 1 aliphatic carbocycles.